The van der Waals surface area contributed by atoms with Crippen molar-refractivity contribution in [2.75, 3.05) is 6.54 Å². The van der Waals surface area contributed by atoms with Crippen molar-refractivity contribution in [3.05, 3.63) is 40.7 Å². The maximum atomic E-state index is 12.1. The average Bonchev–Trinajstić information content (AvgIpc) is 2.89. The van der Waals surface area contributed by atoms with E-state index in [1.807, 2.05) is 13.0 Å². The molecule has 6 nitrogen and oxygen atoms in total. The Labute approximate surface area is 134 Å². The summed E-state index contributed by atoms with van der Waals surface area (Å²) in [4.78, 5) is 13.5. The zero-order chi connectivity index (χ0) is 16.1. The van der Waals surface area contributed by atoms with Crippen LogP contribution < -0.4 is 5.32 Å². The molecule has 1 amide bonds. The molecule has 1 atom stereocenters. The average molecular weight is 323 g/mol. The summed E-state index contributed by atoms with van der Waals surface area (Å²) in [5.74, 6) is -0.297. The maximum absolute atomic E-state index is 12.1. The normalized spacial score (nSPS) is 12.2. The molecule has 2 aromatic rings. The molecule has 0 aliphatic rings. The Kier molecular flexibility index (Phi) is 5.51. The van der Waals surface area contributed by atoms with E-state index >= 15 is 0 Å². The minimum absolute atomic E-state index is 0.269. The van der Waals surface area contributed by atoms with Crippen LogP contribution in [0.3, 0.4) is 0 Å². The van der Waals surface area contributed by atoms with Gasteiger partial charge in [0.2, 0.25) is 0 Å². The number of nitrogens with one attached hydrogen (secondary N) is 1. The monoisotopic (exact) mass is 322 g/mol. The first kappa shape index (κ1) is 16.5. The highest BCUT2D eigenvalue weighted by Crippen LogP contribution is 2.14. The van der Waals surface area contributed by atoms with Crippen LogP contribution in [0.2, 0.25) is 5.02 Å². The summed E-state index contributed by atoms with van der Waals surface area (Å²) in [6, 6.07) is 7.08. The van der Waals surface area contributed by atoms with E-state index in [2.05, 4.69) is 15.5 Å². The Hall–Kier alpha value is -1.92. The highest BCUT2D eigenvalue weighted by Gasteiger charge is 2.16. The number of hydrogen-bond acceptors (Lipinski definition) is 4. The van der Waals surface area contributed by atoms with Crippen LogP contribution in [0.1, 0.15) is 35.9 Å². The summed E-state index contributed by atoms with van der Waals surface area (Å²) in [7, 11) is 0. The minimum atomic E-state index is -0.400. The van der Waals surface area contributed by atoms with Gasteiger partial charge in [-0.1, -0.05) is 24.6 Å². The predicted octanol–water partition coefficient (Wildman–Crippen LogP) is 2.12. The minimum Gasteiger partial charge on any atom is -0.393 e. The lowest BCUT2D eigenvalue weighted by Crippen LogP contribution is -2.28. The summed E-state index contributed by atoms with van der Waals surface area (Å²) < 4.78 is 0. The lowest BCUT2D eigenvalue weighted by atomic mass is 10.2. The Balaban J connectivity index is 2.08. The first-order valence-electron chi connectivity index (χ1n) is 7.17. The van der Waals surface area contributed by atoms with Crippen LogP contribution >= 0.6 is 11.6 Å². The van der Waals surface area contributed by atoms with Gasteiger partial charge >= 0.3 is 0 Å². The molecule has 0 saturated carbocycles. The molecule has 0 fully saturated rings. The predicted molar refractivity (Wildman–Crippen MR) is 84.4 cm³/mol. The second-order valence-corrected chi connectivity index (χ2v) is 5.45. The quantitative estimate of drug-likeness (QED) is 0.853. The summed E-state index contributed by atoms with van der Waals surface area (Å²) in [6.45, 7) is 4.02. The number of aromatic nitrogens is 3. The molecule has 0 saturated heterocycles. The number of benzene rings is 1. The van der Waals surface area contributed by atoms with E-state index in [-0.39, 0.29) is 11.6 Å². The topological polar surface area (TPSA) is 80.0 Å². The molecule has 0 aliphatic carbocycles. The number of halogens is 1. The van der Waals surface area contributed by atoms with E-state index in [4.69, 9.17) is 11.6 Å². The molecule has 0 spiro atoms. The molecule has 118 valence electrons. The van der Waals surface area contributed by atoms with Gasteiger partial charge in [0.05, 0.1) is 17.5 Å². The van der Waals surface area contributed by atoms with Crippen molar-refractivity contribution in [3.8, 4) is 5.69 Å². The van der Waals surface area contributed by atoms with Crippen molar-refractivity contribution >= 4 is 17.5 Å². The highest BCUT2D eigenvalue weighted by atomic mass is 35.5. The number of aliphatic hydroxyl groups excluding tert-OH is 1. The molecule has 22 heavy (non-hydrogen) atoms. The number of aliphatic hydroxyl groups is 1. The van der Waals surface area contributed by atoms with Crippen molar-refractivity contribution in [3.63, 3.8) is 0 Å². The first-order valence-corrected chi connectivity index (χ1v) is 7.55. The zero-order valence-electron chi connectivity index (χ0n) is 12.6. The second-order valence-electron chi connectivity index (χ2n) is 5.01. The van der Waals surface area contributed by atoms with Crippen LogP contribution in [0.5, 0.6) is 0 Å². The van der Waals surface area contributed by atoms with Gasteiger partial charge in [0.25, 0.3) is 5.91 Å². The third-order valence-electron chi connectivity index (χ3n) is 3.27. The van der Waals surface area contributed by atoms with Gasteiger partial charge in [0.1, 0.15) is 0 Å². The molecule has 1 unspecified atom stereocenters. The van der Waals surface area contributed by atoms with Crippen LogP contribution in [-0.2, 0) is 0 Å². The second kappa shape index (κ2) is 7.38. The van der Waals surface area contributed by atoms with Gasteiger partial charge in [0.15, 0.2) is 5.69 Å². The molecule has 0 bridgehead atoms. The number of aryl methyl sites for hydroxylation is 1. The largest absolute Gasteiger partial charge is 0.393 e. The van der Waals surface area contributed by atoms with E-state index < -0.39 is 6.10 Å². The fraction of sp³-hybridized carbons (Fsp3) is 0.400. The fourth-order valence-electron chi connectivity index (χ4n) is 1.94. The highest BCUT2D eigenvalue weighted by molar-refractivity contribution is 6.30. The van der Waals surface area contributed by atoms with Crippen molar-refractivity contribution in [1.82, 2.24) is 20.3 Å². The number of amides is 1. The van der Waals surface area contributed by atoms with E-state index in [0.717, 1.165) is 0 Å². The Morgan fingerprint density at radius 3 is 2.91 bits per heavy atom. The molecule has 1 heterocycles. The van der Waals surface area contributed by atoms with E-state index in [0.29, 0.717) is 35.8 Å². The van der Waals surface area contributed by atoms with Crippen molar-refractivity contribution < 1.29 is 9.90 Å². The van der Waals surface area contributed by atoms with Crippen LogP contribution in [0.4, 0.5) is 0 Å². The van der Waals surface area contributed by atoms with Gasteiger partial charge in [-0.2, -0.15) is 9.90 Å². The molecular weight excluding hydrogens is 304 g/mol. The number of carbonyl (C=O) groups excluding carboxylic acids is 1. The number of nitrogens with zero attached hydrogens (tertiary/aromatic N) is 3. The molecule has 0 aliphatic heterocycles. The first-order chi connectivity index (χ1) is 10.5. The van der Waals surface area contributed by atoms with Gasteiger partial charge in [-0.25, -0.2) is 0 Å². The lowest BCUT2D eigenvalue weighted by molar-refractivity contribution is 0.0936. The molecular formula is C15H19ClN4O2. The smallest absolute Gasteiger partial charge is 0.273 e. The standard InChI is InChI=1S/C15H19ClN4O2/c1-3-13(21)7-8-17-15(22)14-10(2)18-20(19-14)12-6-4-5-11(16)9-12/h4-6,9,13,21H,3,7-8H2,1-2H3,(H,17,22). The molecule has 1 aromatic heterocycles. The van der Waals surface area contributed by atoms with E-state index in [9.17, 15) is 9.90 Å². The Morgan fingerprint density at radius 1 is 1.45 bits per heavy atom. The lowest BCUT2D eigenvalue weighted by Gasteiger charge is -2.07. The SMILES string of the molecule is CCC(O)CCNC(=O)c1nn(-c2cccc(Cl)c2)nc1C. The van der Waals surface area contributed by atoms with Crippen molar-refractivity contribution in [1.29, 1.82) is 0 Å². The summed E-state index contributed by atoms with van der Waals surface area (Å²) in [5.41, 5.74) is 1.50. The number of rotatable bonds is 6. The molecule has 2 N–H and O–H groups in total. The van der Waals surface area contributed by atoms with E-state index in [1.54, 1.807) is 25.1 Å². The van der Waals surface area contributed by atoms with Crippen LogP contribution in [0, 0.1) is 6.92 Å². The van der Waals surface area contributed by atoms with Gasteiger partial charge in [-0.3, -0.25) is 4.79 Å². The number of carbonyl (C=O) groups is 1. The zero-order valence-corrected chi connectivity index (χ0v) is 13.3. The number of hydrogen-bond donors (Lipinski definition) is 2. The molecule has 7 heteroatoms. The fourth-order valence-corrected chi connectivity index (χ4v) is 2.13. The van der Waals surface area contributed by atoms with Gasteiger partial charge < -0.3 is 10.4 Å². The third-order valence-corrected chi connectivity index (χ3v) is 3.51. The van der Waals surface area contributed by atoms with E-state index in [1.165, 1.54) is 4.80 Å². The third kappa shape index (κ3) is 4.05. The summed E-state index contributed by atoms with van der Waals surface area (Å²) in [6.07, 6.45) is 0.785. The van der Waals surface area contributed by atoms with Gasteiger partial charge in [0, 0.05) is 11.6 Å². The van der Waals surface area contributed by atoms with Crippen LogP contribution in [0.15, 0.2) is 24.3 Å². The van der Waals surface area contributed by atoms with Crippen LogP contribution in [0.25, 0.3) is 5.69 Å². The van der Waals surface area contributed by atoms with Gasteiger partial charge in [-0.05, 0) is 38.0 Å². The molecule has 0 radical (unpaired) electrons. The Morgan fingerprint density at radius 2 is 2.23 bits per heavy atom. The van der Waals surface area contributed by atoms with Crippen molar-refractivity contribution in [2.24, 2.45) is 0 Å². The summed E-state index contributed by atoms with van der Waals surface area (Å²) >= 11 is 5.94. The summed E-state index contributed by atoms with van der Waals surface area (Å²) in [5, 5.41) is 21.2. The molecule has 2 rings (SSSR count). The van der Waals surface area contributed by atoms with Crippen molar-refractivity contribution in [2.45, 2.75) is 32.8 Å². The van der Waals surface area contributed by atoms with Gasteiger partial charge in [-0.15, -0.1) is 5.10 Å². The Bertz CT molecular complexity index is 657. The maximum Gasteiger partial charge on any atom is 0.273 e. The van der Waals surface area contributed by atoms with Crippen LogP contribution in [-0.4, -0.2) is 38.7 Å². The molecule has 1 aromatic carbocycles.